The fourth-order valence-electron chi connectivity index (χ4n) is 4.45. The summed E-state index contributed by atoms with van der Waals surface area (Å²) in [5, 5.41) is 0. The number of rotatable bonds is 0. The van der Waals surface area contributed by atoms with Crippen LogP contribution in [0.2, 0.25) is 0 Å². The first-order valence-corrected chi connectivity index (χ1v) is 19.4. The zero-order valence-electron chi connectivity index (χ0n) is 31.9. The Morgan fingerprint density at radius 3 is 0.457 bits per heavy atom. The van der Waals surface area contributed by atoms with Crippen molar-refractivity contribution in [2.24, 2.45) is 0 Å². The Hall–Kier alpha value is -1.32. The van der Waals surface area contributed by atoms with Crippen LogP contribution in [-0.2, 0) is 0 Å². The zero-order chi connectivity index (χ0) is 33.5. The van der Waals surface area contributed by atoms with E-state index >= 15 is 0 Å². The molecule has 46 heavy (non-hydrogen) atoms. The number of hydrogen-bond donors (Lipinski definition) is 0. The van der Waals surface area contributed by atoms with Crippen molar-refractivity contribution in [2.75, 3.05) is 13.3 Å². The summed E-state index contributed by atoms with van der Waals surface area (Å²) in [6.45, 7) is 10.9. The average Bonchev–Trinajstić information content (AvgIpc) is 2.90. The van der Waals surface area contributed by atoms with Crippen LogP contribution in [0.1, 0.15) is 208 Å². The molecule has 4 aliphatic carbocycles. The van der Waals surface area contributed by atoms with E-state index in [0.29, 0.717) is 0 Å². The van der Waals surface area contributed by atoms with Crippen molar-refractivity contribution < 1.29 is 18.2 Å². The summed E-state index contributed by atoms with van der Waals surface area (Å²) in [5.41, 5.74) is 0. The van der Waals surface area contributed by atoms with Gasteiger partial charge in [0.05, 0.1) is 13.3 Å². The molecule has 0 fully saturated rings. The highest BCUT2D eigenvalue weighted by Crippen LogP contribution is 2.12. The van der Waals surface area contributed by atoms with Crippen LogP contribution in [0.3, 0.4) is 0 Å². The highest BCUT2D eigenvalue weighted by molar-refractivity contribution is 4.84. The van der Waals surface area contributed by atoms with Gasteiger partial charge in [-0.25, -0.2) is 0 Å². The van der Waals surface area contributed by atoms with E-state index in [1.54, 1.807) is 0 Å². The molecule has 0 N–H and O–H groups in total. The fraction of sp³-hybridized carbons (Fsp3) is 0.810. The Bertz CT molecular complexity index is 404. The van der Waals surface area contributed by atoms with Crippen LogP contribution >= 0.6 is 0 Å². The monoisotopic (exact) mass is 659 g/mol. The normalized spacial score (nSPS) is 16.9. The van der Waals surface area contributed by atoms with Gasteiger partial charge < -0.3 is 9.41 Å². The maximum atomic E-state index is 10.3. The predicted molar refractivity (Wildman–Crippen MR) is 203 cm³/mol. The first kappa shape index (κ1) is 57.0. The van der Waals surface area contributed by atoms with Crippen molar-refractivity contribution in [2.45, 2.75) is 208 Å². The smallest absolute Gasteiger partial charge is 0.0866 e. The lowest BCUT2D eigenvalue weighted by Crippen LogP contribution is -3.00. The quantitative estimate of drug-likeness (QED) is 0.179. The molecule has 0 atom stereocenters. The molecule has 0 aromatic rings. The van der Waals surface area contributed by atoms with Gasteiger partial charge in [-0.1, -0.05) is 141 Å². The van der Waals surface area contributed by atoms with E-state index in [0.717, 1.165) is 0 Å². The molecule has 280 valence electrons. The Labute approximate surface area is 288 Å². The van der Waals surface area contributed by atoms with E-state index in [4.69, 9.17) is 0 Å². The van der Waals surface area contributed by atoms with Crippen LogP contribution in [0.15, 0.2) is 48.6 Å². The molecule has 0 heterocycles. The van der Waals surface area contributed by atoms with Gasteiger partial charge in [-0.05, 0) is 117 Å². The summed E-state index contributed by atoms with van der Waals surface area (Å²) in [7, 11) is 0. The van der Waals surface area contributed by atoms with E-state index < -0.39 is 0 Å². The summed E-state index contributed by atoms with van der Waals surface area (Å²) in [6.07, 6.45) is 54.5. The van der Waals surface area contributed by atoms with E-state index in [1.165, 1.54) is 181 Å². The van der Waals surface area contributed by atoms with Gasteiger partial charge in [0.1, 0.15) is 0 Å². The van der Waals surface area contributed by atoms with Crippen LogP contribution in [0.5, 0.6) is 0 Å². The van der Waals surface area contributed by atoms with E-state index in [1.807, 2.05) is 0 Å². The molecular weight excluding hydrogens is 576 g/mol. The fourth-order valence-corrected chi connectivity index (χ4v) is 4.45. The second-order valence-corrected chi connectivity index (χ2v) is 11.8. The van der Waals surface area contributed by atoms with Gasteiger partial charge in [-0.3, -0.25) is 8.78 Å². The summed E-state index contributed by atoms with van der Waals surface area (Å²) in [5.74, 6) is 0. The molecule has 0 saturated heterocycles. The molecule has 0 saturated carbocycles. The summed E-state index contributed by atoms with van der Waals surface area (Å²) >= 11 is 0. The van der Waals surface area contributed by atoms with Crippen LogP contribution in [0.25, 0.3) is 0 Å². The Morgan fingerprint density at radius 1 is 0.283 bits per heavy atom. The molecule has 0 aliphatic heterocycles. The SMILES string of the molecule is C1=CCCCCCC1.C1=CCCCCCC1.C1=CCCCCCC1.C1=CCCCCCC1.CCC.CCC.CC[18F].CC[18F].[18F-].[18F-]. The minimum absolute atomic E-state index is 0. The minimum atomic E-state index is -0.250. The maximum Gasteiger partial charge on any atom is 0.0866 e. The molecule has 0 aromatic heterocycles. The van der Waals surface area contributed by atoms with Crippen molar-refractivity contribution in [3.05, 3.63) is 48.6 Å². The van der Waals surface area contributed by atoms with Crippen LogP contribution in [0.4, 0.5) is 8.78 Å². The Kier molecular flexibility index (Phi) is 81.9. The van der Waals surface area contributed by atoms with Crippen molar-refractivity contribution in [1.82, 2.24) is 0 Å². The molecule has 0 unspecified atom stereocenters. The lowest BCUT2D eigenvalue weighted by atomic mass is 10.1. The number of allylic oxidation sites excluding steroid dienone is 8. The molecule has 4 rings (SSSR count). The maximum absolute atomic E-state index is 10.3. The van der Waals surface area contributed by atoms with Gasteiger partial charge in [0.2, 0.25) is 0 Å². The van der Waals surface area contributed by atoms with Gasteiger partial charge >= 0.3 is 0 Å². The van der Waals surface area contributed by atoms with Crippen molar-refractivity contribution in [3.8, 4) is 0 Å². The van der Waals surface area contributed by atoms with Crippen molar-refractivity contribution in [1.29, 1.82) is 0 Å². The number of alkyl halides is 2. The van der Waals surface area contributed by atoms with Crippen LogP contribution in [-0.4, -0.2) is 13.3 Å². The summed E-state index contributed by atoms with van der Waals surface area (Å²) in [4.78, 5) is 0. The second kappa shape index (κ2) is 66.2. The molecule has 0 bridgehead atoms. The Morgan fingerprint density at radius 2 is 0.370 bits per heavy atom. The molecule has 0 aromatic carbocycles. The lowest BCUT2D eigenvalue weighted by Gasteiger charge is -2.00. The van der Waals surface area contributed by atoms with Crippen LogP contribution in [0, 0.1) is 0 Å². The van der Waals surface area contributed by atoms with Crippen molar-refractivity contribution >= 4 is 0 Å². The molecule has 0 amide bonds. The van der Waals surface area contributed by atoms with Gasteiger partial charge in [0.15, 0.2) is 0 Å². The summed E-state index contributed by atoms with van der Waals surface area (Å²) in [6, 6.07) is 0. The van der Waals surface area contributed by atoms with Crippen molar-refractivity contribution in [3.63, 3.8) is 0 Å². The lowest BCUT2D eigenvalue weighted by molar-refractivity contribution is -0.001000. The molecule has 0 spiro atoms. The molecule has 4 heteroatoms. The van der Waals surface area contributed by atoms with Gasteiger partial charge in [0, 0.05) is 0 Å². The van der Waals surface area contributed by atoms with E-state index in [2.05, 4.69) is 76.3 Å². The third-order valence-corrected chi connectivity index (χ3v) is 6.63. The summed E-state index contributed by atoms with van der Waals surface area (Å²) < 4.78 is 20.6. The third-order valence-electron chi connectivity index (χ3n) is 6.63. The zero-order valence-corrected chi connectivity index (χ0v) is 31.9. The molecule has 0 nitrogen and oxygen atoms in total. The molecule has 0 radical (unpaired) electrons. The topological polar surface area (TPSA) is 0 Å². The van der Waals surface area contributed by atoms with Gasteiger partial charge in [-0.15, -0.1) is 0 Å². The third kappa shape index (κ3) is 78.8. The standard InChI is InChI=1S/4C8H14.2C3H8.2C2H5F.2FH/c4*1-2-4-6-8-7-5-3-1;2*1-3-2;2*1-2-3;;/h4*1-2H,3-8H2;2*3H2,1-2H3;2*2H2,1H3;2*1H/p-2/i;;;;;;2*3-1;2*1-1. The minimum Gasteiger partial charge on any atom is -1.00 e. The van der Waals surface area contributed by atoms with Gasteiger partial charge in [-0.2, -0.15) is 0 Å². The van der Waals surface area contributed by atoms with Crippen LogP contribution < -0.4 is 9.41 Å². The van der Waals surface area contributed by atoms with E-state index in [-0.39, 0.29) is 22.8 Å². The predicted octanol–water partition coefficient (Wildman–Crippen LogP) is 10.4. The number of hydrogen-bond acceptors (Lipinski definition) is 0. The highest BCUT2D eigenvalue weighted by Gasteiger charge is 1.92. The largest absolute Gasteiger partial charge is 1.00 e. The first-order valence-electron chi connectivity index (χ1n) is 19.4. The Balaban J connectivity index is -0.000000103. The van der Waals surface area contributed by atoms with Gasteiger partial charge in [0.25, 0.3) is 0 Å². The molecule has 4 aliphatic rings. The second-order valence-electron chi connectivity index (χ2n) is 11.8. The first-order chi connectivity index (χ1) is 21.7. The number of halogens is 4. The highest BCUT2D eigenvalue weighted by atomic mass is 18.2. The van der Waals surface area contributed by atoms with E-state index in [9.17, 15) is 8.78 Å². The average molecular weight is 659 g/mol. The molecular formula is C42H82F4-2.